The highest BCUT2D eigenvalue weighted by Crippen LogP contribution is 2.19. The molecule has 0 saturated carbocycles. The Morgan fingerprint density at radius 3 is 0.824 bits per heavy atom. The average Bonchev–Trinajstić information content (AvgIpc) is 3.40. The van der Waals surface area contributed by atoms with Gasteiger partial charge >= 0.3 is 5.97 Å². The van der Waals surface area contributed by atoms with Gasteiger partial charge in [0.15, 0.2) is 0 Å². The summed E-state index contributed by atoms with van der Waals surface area (Å²) in [6.07, 6.45) is 77.1. The largest absolute Gasteiger partial charge is 0.466 e. The van der Waals surface area contributed by atoms with Gasteiger partial charge in [-0.25, -0.2) is 0 Å². The van der Waals surface area contributed by atoms with E-state index in [2.05, 4.69) is 19.2 Å². The quantitative estimate of drug-likeness (QED) is 0.0417. The second-order valence-electron chi connectivity index (χ2n) is 23.9. The molecular weight excluding hydrogens is 911 g/mol. The van der Waals surface area contributed by atoms with Crippen LogP contribution >= 0.6 is 0 Å². The molecule has 0 saturated heterocycles. The lowest BCUT2D eigenvalue weighted by molar-refractivity contribution is -0.143. The van der Waals surface area contributed by atoms with Crippen molar-refractivity contribution in [2.45, 2.75) is 411 Å². The van der Waals surface area contributed by atoms with Crippen LogP contribution in [0.1, 0.15) is 399 Å². The van der Waals surface area contributed by atoms with E-state index in [9.17, 15) is 19.8 Å². The number of esters is 1. The standard InChI is InChI=1S/C68H135NO5/c1-3-5-7-9-11-13-15-17-19-20-29-33-36-40-44-48-52-56-60-66(71)65(64-70)69-67(72)61-57-53-49-45-41-37-34-30-27-25-23-21-22-24-26-28-31-35-39-43-47-51-55-59-63-74-68(73)62-58-54-50-46-42-38-32-18-16-14-12-10-8-6-4-2/h65-66,70-71H,3-64H2,1-2H3,(H,69,72). The van der Waals surface area contributed by atoms with E-state index in [4.69, 9.17) is 4.74 Å². The Hall–Kier alpha value is -1.14. The zero-order valence-electron chi connectivity index (χ0n) is 50.6. The Bertz CT molecular complexity index is 1070. The molecule has 0 fully saturated rings. The van der Waals surface area contributed by atoms with Gasteiger partial charge in [-0.3, -0.25) is 9.59 Å². The SMILES string of the molecule is CCCCCCCCCCCCCCCCCCCCC(O)C(CO)NC(=O)CCCCCCCCCCCCCCCCCCCCCCCCCCOC(=O)CCCCCCCCCCCCCCCCC. The smallest absolute Gasteiger partial charge is 0.305 e. The summed E-state index contributed by atoms with van der Waals surface area (Å²) in [4.78, 5) is 24.6. The number of carbonyl (C=O) groups is 2. The van der Waals surface area contributed by atoms with E-state index in [1.54, 1.807) is 0 Å². The molecule has 0 radical (unpaired) electrons. The highest BCUT2D eigenvalue weighted by Gasteiger charge is 2.20. The Morgan fingerprint density at radius 1 is 0.324 bits per heavy atom. The molecule has 0 heterocycles. The molecule has 0 aromatic rings. The summed E-state index contributed by atoms with van der Waals surface area (Å²) >= 11 is 0. The third-order valence-corrected chi connectivity index (χ3v) is 16.4. The zero-order valence-corrected chi connectivity index (χ0v) is 50.6. The minimum Gasteiger partial charge on any atom is -0.466 e. The lowest BCUT2D eigenvalue weighted by atomic mass is 10.0. The number of hydrogen-bond donors (Lipinski definition) is 3. The first-order chi connectivity index (χ1) is 36.5. The third kappa shape index (κ3) is 60.1. The number of amides is 1. The summed E-state index contributed by atoms with van der Waals surface area (Å²) in [5.74, 6) is -0.00946. The second-order valence-corrected chi connectivity index (χ2v) is 23.9. The molecule has 0 bridgehead atoms. The van der Waals surface area contributed by atoms with Gasteiger partial charge in [-0.2, -0.15) is 0 Å². The number of ether oxygens (including phenoxy) is 1. The van der Waals surface area contributed by atoms with Crippen molar-refractivity contribution in [1.29, 1.82) is 0 Å². The highest BCUT2D eigenvalue weighted by molar-refractivity contribution is 5.76. The van der Waals surface area contributed by atoms with Gasteiger partial charge in [0.1, 0.15) is 0 Å². The Kier molecular flexibility index (Phi) is 63.4. The summed E-state index contributed by atoms with van der Waals surface area (Å²) < 4.78 is 5.50. The van der Waals surface area contributed by atoms with Gasteiger partial charge in [0.25, 0.3) is 0 Å². The van der Waals surface area contributed by atoms with Crippen LogP contribution in [0.25, 0.3) is 0 Å². The molecule has 0 rings (SSSR count). The van der Waals surface area contributed by atoms with Crippen LogP contribution in [0.4, 0.5) is 0 Å². The predicted octanol–water partition coefficient (Wildman–Crippen LogP) is 21.8. The molecule has 0 aromatic heterocycles. The van der Waals surface area contributed by atoms with Crippen LogP contribution in [-0.2, 0) is 14.3 Å². The van der Waals surface area contributed by atoms with E-state index in [0.717, 1.165) is 38.5 Å². The molecule has 2 unspecified atom stereocenters. The average molecular weight is 1050 g/mol. The topological polar surface area (TPSA) is 95.9 Å². The van der Waals surface area contributed by atoms with Crippen LogP contribution in [0, 0.1) is 0 Å². The van der Waals surface area contributed by atoms with Crippen molar-refractivity contribution in [3.8, 4) is 0 Å². The van der Waals surface area contributed by atoms with Gasteiger partial charge in [0, 0.05) is 12.8 Å². The molecule has 442 valence electrons. The molecule has 0 aliphatic carbocycles. The van der Waals surface area contributed by atoms with Crippen LogP contribution < -0.4 is 5.32 Å². The molecule has 0 aliphatic rings. The molecular formula is C68H135NO5. The summed E-state index contributed by atoms with van der Waals surface area (Å²) in [6.45, 7) is 5.00. The molecule has 1 amide bonds. The lowest BCUT2D eigenvalue weighted by Crippen LogP contribution is -2.45. The van der Waals surface area contributed by atoms with E-state index in [1.165, 1.54) is 327 Å². The van der Waals surface area contributed by atoms with Crippen LogP contribution in [0.2, 0.25) is 0 Å². The number of hydrogen-bond acceptors (Lipinski definition) is 5. The summed E-state index contributed by atoms with van der Waals surface area (Å²) in [6, 6.07) is -0.540. The maximum absolute atomic E-state index is 12.5. The van der Waals surface area contributed by atoms with E-state index in [-0.39, 0.29) is 18.5 Å². The van der Waals surface area contributed by atoms with Crippen molar-refractivity contribution >= 4 is 11.9 Å². The van der Waals surface area contributed by atoms with Crippen LogP contribution in [0.15, 0.2) is 0 Å². The normalized spacial score (nSPS) is 12.4. The van der Waals surface area contributed by atoms with Gasteiger partial charge in [-0.05, 0) is 25.7 Å². The molecule has 6 nitrogen and oxygen atoms in total. The van der Waals surface area contributed by atoms with Gasteiger partial charge in [-0.15, -0.1) is 0 Å². The molecule has 6 heteroatoms. The number of carbonyl (C=O) groups excluding carboxylic acids is 2. The molecule has 0 aromatic carbocycles. The maximum atomic E-state index is 12.5. The highest BCUT2D eigenvalue weighted by atomic mass is 16.5. The fourth-order valence-corrected chi connectivity index (χ4v) is 11.2. The van der Waals surface area contributed by atoms with E-state index in [1.807, 2.05) is 0 Å². The van der Waals surface area contributed by atoms with Crippen molar-refractivity contribution in [2.75, 3.05) is 13.2 Å². The van der Waals surface area contributed by atoms with Crippen molar-refractivity contribution < 1.29 is 24.5 Å². The van der Waals surface area contributed by atoms with Crippen molar-refractivity contribution in [2.24, 2.45) is 0 Å². The summed E-state index contributed by atoms with van der Waals surface area (Å²) in [5, 5.41) is 23.4. The van der Waals surface area contributed by atoms with Gasteiger partial charge in [-0.1, -0.05) is 361 Å². The van der Waals surface area contributed by atoms with Gasteiger partial charge in [0.05, 0.1) is 25.4 Å². The monoisotopic (exact) mass is 1050 g/mol. The first-order valence-electron chi connectivity index (χ1n) is 34.3. The summed E-state index contributed by atoms with van der Waals surface area (Å²) in [7, 11) is 0. The van der Waals surface area contributed by atoms with Crippen molar-refractivity contribution in [1.82, 2.24) is 5.32 Å². The maximum Gasteiger partial charge on any atom is 0.305 e. The Morgan fingerprint density at radius 2 is 0.554 bits per heavy atom. The fraction of sp³-hybridized carbons (Fsp3) is 0.971. The molecule has 3 N–H and O–H groups in total. The minimum absolute atomic E-state index is 0.0197. The van der Waals surface area contributed by atoms with Gasteiger partial charge < -0.3 is 20.3 Å². The molecule has 0 aliphatic heterocycles. The molecule has 2 atom stereocenters. The number of aliphatic hydroxyl groups is 2. The second kappa shape index (κ2) is 64.4. The zero-order chi connectivity index (χ0) is 53.6. The van der Waals surface area contributed by atoms with E-state index in [0.29, 0.717) is 25.9 Å². The van der Waals surface area contributed by atoms with Crippen LogP contribution in [0.3, 0.4) is 0 Å². The lowest BCUT2D eigenvalue weighted by Gasteiger charge is -2.22. The number of rotatable bonds is 65. The predicted molar refractivity (Wildman–Crippen MR) is 324 cm³/mol. The van der Waals surface area contributed by atoms with Gasteiger partial charge in [0.2, 0.25) is 5.91 Å². The third-order valence-electron chi connectivity index (χ3n) is 16.4. The van der Waals surface area contributed by atoms with Crippen LogP contribution in [0.5, 0.6) is 0 Å². The number of nitrogens with one attached hydrogen (secondary N) is 1. The first-order valence-corrected chi connectivity index (χ1v) is 34.3. The van der Waals surface area contributed by atoms with Crippen LogP contribution in [-0.4, -0.2) is 47.4 Å². The Labute approximate surface area is 464 Å². The minimum atomic E-state index is -0.663. The fourth-order valence-electron chi connectivity index (χ4n) is 11.2. The van der Waals surface area contributed by atoms with Crippen molar-refractivity contribution in [3.63, 3.8) is 0 Å². The molecule has 74 heavy (non-hydrogen) atoms. The first kappa shape index (κ1) is 72.9. The van der Waals surface area contributed by atoms with Crippen molar-refractivity contribution in [3.05, 3.63) is 0 Å². The Balaban J connectivity index is 3.35. The summed E-state index contributed by atoms with van der Waals surface area (Å²) in [5.41, 5.74) is 0. The van der Waals surface area contributed by atoms with E-state index < -0.39 is 12.1 Å². The number of aliphatic hydroxyl groups excluding tert-OH is 2. The number of unbranched alkanes of at least 4 members (excludes halogenated alkanes) is 54. The molecule has 0 spiro atoms. The van der Waals surface area contributed by atoms with E-state index >= 15 is 0 Å².